The second kappa shape index (κ2) is 6.54. The fraction of sp³-hybridized carbons (Fsp3) is 0.375. The molecule has 0 aliphatic heterocycles. The maximum Gasteiger partial charge on any atom is 0.224 e. The average molecular weight is 287 g/mol. The van der Waals surface area contributed by atoms with Crippen molar-refractivity contribution in [3.05, 3.63) is 52.8 Å². The number of benzene rings is 1. The van der Waals surface area contributed by atoms with E-state index in [0.717, 1.165) is 22.5 Å². The minimum atomic E-state index is -0.689. The van der Waals surface area contributed by atoms with Crippen molar-refractivity contribution >= 4 is 5.91 Å². The number of nitrogens with zero attached hydrogens (tertiary/aromatic N) is 2. The van der Waals surface area contributed by atoms with Gasteiger partial charge in [0.1, 0.15) is 0 Å². The van der Waals surface area contributed by atoms with E-state index in [1.807, 2.05) is 51.2 Å². The summed E-state index contributed by atoms with van der Waals surface area (Å²) in [6.07, 6.45) is -0.404. The van der Waals surface area contributed by atoms with E-state index in [2.05, 4.69) is 10.4 Å². The molecule has 0 radical (unpaired) electrons. The summed E-state index contributed by atoms with van der Waals surface area (Å²) < 4.78 is 1.77. The van der Waals surface area contributed by atoms with Crippen molar-refractivity contribution < 1.29 is 9.90 Å². The number of aliphatic hydroxyl groups is 1. The van der Waals surface area contributed by atoms with E-state index in [1.165, 1.54) is 0 Å². The molecule has 2 aromatic rings. The zero-order valence-electron chi connectivity index (χ0n) is 12.6. The summed E-state index contributed by atoms with van der Waals surface area (Å²) in [6.45, 7) is 4.05. The molecule has 21 heavy (non-hydrogen) atoms. The zero-order chi connectivity index (χ0) is 15.4. The van der Waals surface area contributed by atoms with Gasteiger partial charge >= 0.3 is 0 Å². The van der Waals surface area contributed by atoms with Crippen LogP contribution in [0.25, 0.3) is 0 Å². The number of aliphatic hydroxyl groups excluding tert-OH is 1. The summed E-state index contributed by atoms with van der Waals surface area (Å²) in [6, 6.07) is 9.30. The molecule has 1 amide bonds. The Balaban J connectivity index is 1.91. The van der Waals surface area contributed by atoms with Crippen molar-refractivity contribution in [3.8, 4) is 0 Å². The molecule has 5 heteroatoms. The molecule has 1 aromatic carbocycles. The first-order valence-electron chi connectivity index (χ1n) is 6.98. The lowest BCUT2D eigenvalue weighted by atomic mass is 10.1. The van der Waals surface area contributed by atoms with E-state index in [1.54, 1.807) is 4.68 Å². The average Bonchev–Trinajstić information content (AvgIpc) is 2.72. The molecule has 0 fully saturated rings. The first-order chi connectivity index (χ1) is 9.99. The predicted molar refractivity (Wildman–Crippen MR) is 80.8 cm³/mol. The van der Waals surface area contributed by atoms with Gasteiger partial charge in [-0.25, -0.2) is 0 Å². The van der Waals surface area contributed by atoms with Crippen molar-refractivity contribution in [2.24, 2.45) is 7.05 Å². The van der Waals surface area contributed by atoms with Crippen molar-refractivity contribution in [1.29, 1.82) is 0 Å². The third kappa shape index (κ3) is 3.70. The van der Waals surface area contributed by atoms with Crippen molar-refractivity contribution in [1.82, 2.24) is 15.1 Å². The van der Waals surface area contributed by atoms with Crippen molar-refractivity contribution in [3.63, 3.8) is 0 Å². The van der Waals surface area contributed by atoms with Crippen LogP contribution < -0.4 is 5.32 Å². The summed E-state index contributed by atoms with van der Waals surface area (Å²) in [5, 5.41) is 17.1. The van der Waals surface area contributed by atoms with Gasteiger partial charge in [0.25, 0.3) is 0 Å². The minimum absolute atomic E-state index is 0.107. The van der Waals surface area contributed by atoms with E-state index >= 15 is 0 Å². The quantitative estimate of drug-likeness (QED) is 0.874. The minimum Gasteiger partial charge on any atom is -0.387 e. The lowest BCUT2D eigenvalue weighted by Crippen LogP contribution is -2.30. The molecule has 1 atom stereocenters. The van der Waals surface area contributed by atoms with Crippen LogP contribution in [0.15, 0.2) is 30.3 Å². The van der Waals surface area contributed by atoms with Crippen LogP contribution in [0.1, 0.15) is 28.6 Å². The molecule has 0 bridgehead atoms. The van der Waals surface area contributed by atoms with E-state index in [4.69, 9.17) is 0 Å². The zero-order valence-corrected chi connectivity index (χ0v) is 12.6. The normalized spacial score (nSPS) is 12.2. The highest BCUT2D eigenvalue weighted by Gasteiger charge is 2.14. The Hall–Kier alpha value is -2.14. The number of carbonyl (C=O) groups excluding carboxylic acids is 1. The van der Waals surface area contributed by atoms with Gasteiger partial charge in [-0.15, -0.1) is 0 Å². The van der Waals surface area contributed by atoms with E-state index in [-0.39, 0.29) is 18.9 Å². The maximum absolute atomic E-state index is 12.0. The molecule has 1 aromatic heterocycles. The Morgan fingerprint density at radius 3 is 2.57 bits per heavy atom. The van der Waals surface area contributed by atoms with Gasteiger partial charge in [-0.1, -0.05) is 30.3 Å². The summed E-state index contributed by atoms with van der Waals surface area (Å²) in [5.41, 5.74) is 3.61. The Morgan fingerprint density at radius 1 is 1.33 bits per heavy atom. The molecule has 0 aliphatic rings. The standard InChI is InChI=1S/C16H21N3O2/c1-11-14(12(2)19(3)18-11)9-16(21)17-10-15(20)13-7-5-4-6-8-13/h4-8,15,20H,9-10H2,1-3H3,(H,17,21). The highest BCUT2D eigenvalue weighted by Crippen LogP contribution is 2.13. The summed E-state index contributed by atoms with van der Waals surface area (Å²) in [5.74, 6) is -0.107. The van der Waals surface area contributed by atoms with Gasteiger partial charge < -0.3 is 10.4 Å². The van der Waals surface area contributed by atoms with Crippen LogP contribution in [-0.2, 0) is 18.3 Å². The molecular formula is C16H21N3O2. The molecule has 0 spiro atoms. The van der Waals surface area contributed by atoms with Crippen molar-refractivity contribution in [2.45, 2.75) is 26.4 Å². The Kier molecular flexibility index (Phi) is 4.75. The van der Waals surface area contributed by atoms with E-state index in [0.29, 0.717) is 0 Å². The van der Waals surface area contributed by atoms with Gasteiger partial charge in [0, 0.05) is 24.8 Å². The van der Waals surface area contributed by atoms with E-state index < -0.39 is 6.10 Å². The number of aryl methyl sites for hydroxylation is 2. The fourth-order valence-electron chi connectivity index (χ4n) is 2.30. The molecule has 0 saturated heterocycles. The Morgan fingerprint density at radius 2 is 2.00 bits per heavy atom. The fourth-order valence-corrected chi connectivity index (χ4v) is 2.30. The highest BCUT2D eigenvalue weighted by molar-refractivity contribution is 5.79. The van der Waals surface area contributed by atoms with Gasteiger partial charge in [0.05, 0.1) is 18.2 Å². The predicted octanol–water partition coefficient (Wildman–Crippen LogP) is 1.43. The Labute approximate surface area is 124 Å². The molecule has 5 nitrogen and oxygen atoms in total. The smallest absolute Gasteiger partial charge is 0.224 e. The molecule has 112 valence electrons. The molecule has 2 rings (SSSR count). The molecule has 1 heterocycles. The topological polar surface area (TPSA) is 67.2 Å². The number of hydrogen-bond donors (Lipinski definition) is 2. The molecule has 0 saturated carbocycles. The first kappa shape index (κ1) is 15.3. The van der Waals surface area contributed by atoms with Gasteiger partial charge in [-0.05, 0) is 19.4 Å². The lowest BCUT2D eigenvalue weighted by Gasteiger charge is -2.12. The van der Waals surface area contributed by atoms with Crippen LogP contribution in [0, 0.1) is 13.8 Å². The van der Waals surface area contributed by atoms with Crippen LogP contribution in [0.2, 0.25) is 0 Å². The number of carbonyl (C=O) groups is 1. The third-order valence-corrected chi connectivity index (χ3v) is 3.67. The second-order valence-electron chi connectivity index (χ2n) is 5.18. The number of amides is 1. The van der Waals surface area contributed by atoms with E-state index in [9.17, 15) is 9.90 Å². The first-order valence-corrected chi connectivity index (χ1v) is 6.98. The van der Waals surface area contributed by atoms with Crippen molar-refractivity contribution in [2.75, 3.05) is 6.54 Å². The third-order valence-electron chi connectivity index (χ3n) is 3.67. The summed E-state index contributed by atoms with van der Waals surface area (Å²) >= 11 is 0. The van der Waals surface area contributed by atoms with Crippen LogP contribution >= 0.6 is 0 Å². The number of rotatable bonds is 5. The lowest BCUT2D eigenvalue weighted by molar-refractivity contribution is -0.120. The molecule has 2 N–H and O–H groups in total. The monoisotopic (exact) mass is 287 g/mol. The molecular weight excluding hydrogens is 266 g/mol. The van der Waals surface area contributed by atoms with Crippen LogP contribution in [0.5, 0.6) is 0 Å². The maximum atomic E-state index is 12.0. The Bertz CT molecular complexity index is 620. The summed E-state index contributed by atoms with van der Waals surface area (Å²) in [4.78, 5) is 12.0. The van der Waals surface area contributed by atoms with Crippen LogP contribution in [-0.4, -0.2) is 27.3 Å². The van der Waals surface area contributed by atoms with Crippen LogP contribution in [0.3, 0.4) is 0 Å². The molecule has 0 aliphatic carbocycles. The molecule has 1 unspecified atom stereocenters. The van der Waals surface area contributed by atoms with Gasteiger partial charge in [0.2, 0.25) is 5.91 Å². The van der Waals surface area contributed by atoms with Gasteiger partial charge in [0.15, 0.2) is 0 Å². The SMILES string of the molecule is Cc1nn(C)c(C)c1CC(=O)NCC(O)c1ccccc1. The largest absolute Gasteiger partial charge is 0.387 e. The number of nitrogens with one attached hydrogen (secondary N) is 1. The van der Waals surface area contributed by atoms with Gasteiger partial charge in [-0.2, -0.15) is 5.10 Å². The number of hydrogen-bond acceptors (Lipinski definition) is 3. The highest BCUT2D eigenvalue weighted by atomic mass is 16.3. The second-order valence-corrected chi connectivity index (χ2v) is 5.18. The van der Waals surface area contributed by atoms with Gasteiger partial charge in [-0.3, -0.25) is 9.48 Å². The van der Waals surface area contributed by atoms with Crippen LogP contribution in [0.4, 0.5) is 0 Å². The number of aromatic nitrogens is 2. The summed E-state index contributed by atoms with van der Waals surface area (Å²) in [7, 11) is 1.86.